The highest BCUT2D eigenvalue weighted by molar-refractivity contribution is 7.10. The normalized spacial score (nSPS) is 10.6. The van der Waals surface area contributed by atoms with Crippen molar-refractivity contribution in [3.8, 4) is 6.07 Å². The number of rotatable bonds is 4. The summed E-state index contributed by atoms with van der Waals surface area (Å²) in [6.45, 7) is 3.98. The van der Waals surface area contributed by atoms with Gasteiger partial charge in [0, 0.05) is 18.0 Å². The predicted octanol–water partition coefficient (Wildman–Crippen LogP) is 3.56. The van der Waals surface area contributed by atoms with Crippen LogP contribution in [0.2, 0.25) is 0 Å². The van der Waals surface area contributed by atoms with Crippen LogP contribution in [0.5, 0.6) is 0 Å². The molecule has 2 aromatic rings. The number of thiophene rings is 1. The number of nitrogens with zero attached hydrogens (tertiary/aromatic N) is 2. The van der Waals surface area contributed by atoms with Gasteiger partial charge in [-0.2, -0.15) is 5.26 Å². The molecule has 2 rings (SSSR count). The Bertz CT molecular complexity index is 566. The monoisotopic (exact) mass is 256 g/mol. The molecule has 0 amide bonds. The molecule has 0 saturated heterocycles. The van der Waals surface area contributed by atoms with E-state index in [1.54, 1.807) is 11.3 Å². The first-order valence-corrected chi connectivity index (χ1v) is 6.77. The van der Waals surface area contributed by atoms with Crippen molar-refractivity contribution in [2.75, 3.05) is 7.05 Å². The van der Waals surface area contributed by atoms with Crippen LogP contribution in [0, 0.1) is 18.3 Å². The number of nitriles is 1. The van der Waals surface area contributed by atoms with Gasteiger partial charge in [-0.1, -0.05) is 12.1 Å². The van der Waals surface area contributed by atoms with Crippen LogP contribution in [0.4, 0.5) is 0 Å². The van der Waals surface area contributed by atoms with E-state index >= 15 is 0 Å². The number of hydrogen-bond acceptors (Lipinski definition) is 3. The van der Waals surface area contributed by atoms with Gasteiger partial charge in [-0.3, -0.25) is 4.90 Å². The summed E-state index contributed by atoms with van der Waals surface area (Å²) < 4.78 is 0. The lowest BCUT2D eigenvalue weighted by Crippen LogP contribution is -2.17. The van der Waals surface area contributed by atoms with Gasteiger partial charge in [0.2, 0.25) is 0 Å². The summed E-state index contributed by atoms with van der Waals surface area (Å²) in [5.41, 5.74) is 3.27. The Kier molecular flexibility index (Phi) is 4.14. The molecule has 0 unspecified atom stereocenters. The van der Waals surface area contributed by atoms with Crippen LogP contribution in [0.25, 0.3) is 0 Å². The second-order valence-corrected chi connectivity index (χ2v) is 5.51. The van der Waals surface area contributed by atoms with Crippen molar-refractivity contribution >= 4 is 11.3 Å². The van der Waals surface area contributed by atoms with Crippen LogP contribution < -0.4 is 0 Å². The van der Waals surface area contributed by atoms with E-state index in [1.165, 1.54) is 16.0 Å². The van der Waals surface area contributed by atoms with Crippen molar-refractivity contribution in [1.29, 1.82) is 5.26 Å². The van der Waals surface area contributed by atoms with E-state index in [-0.39, 0.29) is 0 Å². The fourth-order valence-electron chi connectivity index (χ4n) is 1.92. The molecule has 0 aliphatic carbocycles. The zero-order valence-electron chi connectivity index (χ0n) is 10.7. The minimum absolute atomic E-state index is 0.730. The largest absolute Gasteiger partial charge is 0.297 e. The summed E-state index contributed by atoms with van der Waals surface area (Å²) in [6.07, 6.45) is 0. The average Bonchev–Trinajstić information content (AvgIpc) is 2.75. The molecule has 0 fully saturated rings. The Morgan fingerprint density at radius 2 is 2.11 bits per heavy atom. The lowest BCUT2D eigenvalue weighted by Gasteiger charge is -2.16. The van der Waals surface area contributed by atoms with Crippen LogP contribution in [-0.4, -0.2) is 11.9 Å². The first kappa shape index (κ1) is 12.8. The molecule has 1 heterocycles. The second kappa shape index (κ2) is 5.81. The Balaban J connectivity index is 2.01. The minimum Gasteiger partial charge on any atom is -0.297 e. The molecule has 0 aliphatic rings. The van der Waals surface area contributed by atoms with Gasteiger partial charge in [-0.05, 0) is 48.7 Å². The smallest absolute Gasteiger partial charge is 0.0991 e. The fraction of sp³-hybridized carbons (Fsp3) is 0.267. The maximum absolute atomic E-state index is 8.88. The van der Waals surface area contributed by atoms with Crippen LogP contribution in [-0.2, 0) is 13.1 Å². The average molecular weight is 256 g/mol. The molecule has 1 aromatic heterocycles. The third kappa shape index (κ3) is 3.19. The van der Waals surface area contributed by atoms with Crippen LogP contribution >= 0.6 is 11.3 Å². The number of benzene rings is 1. The molecule has 0 spiro atoms. The molecule has 0 N–H and O–H groups in total. The summed E-state index contributed by atoms with van der Waals surface area (Å²) in [7, 11) is 2.11. The van der Waals surface area contributed by atoms with Gasteiger partial charge in [0.15, 0.2) is 0 Å². The summed E-state index contributed by atoms with van der Waals surface area (Å²) in [4.78, 5) is 3.68. The van der Waals surface area contributed by atoms with Crippen molar-refractivity contribution in [3.63, 3.8) is 0 Å². The van der Waals surface area contributed by atoms with Crippen molar-refractivity contribution in [2.45, 2.75) is 20.0 Å². The highest BCUT2D eigenvalue weighted by Gasteiger charge is 2.05. The van der Waals surface area contributed by atoms with Gasteiger partial charge in [-0.15, -0.1) is 11.3 Å². The second-order valence-electron chi connectivity index (χ2n) is 4.51. The first-order chi connectivity index (χ1) is 8.69. The van der Waals surface area contributed by atoms with Gasteiger partial charge < -0.3 is 0 Å². The molecule has 0 saturated carbocycles. The summed E-state index contributed by atoms with van der Waals surface area (Å²) in [6, 6.07) is 12.1. The van der Waals surface area contributed by atoms with Crippen LogP contribution in [0.15, 0.2) is 35.7 Å². The quantitative estimate of drug-likeness (QED) is 0.836. The molecule has 0 bridgehead atoms. The maximum atomic E-state index is 8.88. The van der Waals surface area contributed by atoms with Crippen LogP contribution in [0.1, 0.15) is 21.6 Å². The molecule has 0 radical (unpaired) electrons. The third-order valence-electron chi connectivity index (χ3n) is 2.89. The van der Waals surface area contributed by atoms with Crippen molar-refractivity contribution < 1.29 is 0 Å². The van der Waals surface area contributed by atoms with E-state index in [9.17, 15) is 0 Å². The predicted molar refractivity (Wildman–Crippen MR) is 75.4 cm³/mol. The zero-order chi connectivity index (χ0) is 13.0. The summed E-state index contributed by atoms with van der Waals surface area (Å²) in [5, 5.41) is 11.0. The summed E-state index contributed by atoms with van der Waals surface area (Å²) >= 11 is 1.80. The Labute approximate surface area is 112 Å². The Morgan fingerprint density at radius 1 is 1.28 bits per heavy atom. The van der Waals surface area contributed by atoms with Crippen molar-refractivity contribution in [1.82, 2.24) is 4.90 Å². The molecular weight excluding hydrogens is 240 g/mol. The van der Waals surface area contributed by atoms with E-state index in [4.69, 9.17) is 5.26 Å². The van der Waals surface area contributed by atoms with Gasteiger partial charge in [0.25, 0.3) is 0 Å². The fourth-order valence-corrected chi connectivity index (χ4v) is 2.90. The molecule has 0 atom stereocenters. The molecule has 3 heteroatoms. The van der Waals surface area contributed by atoms with E-state index in [2.05, 4.69) is 42.5 Å². The molecule has 18 heavy (non-hydrogen) atoms. The molecule has 0 aliphatic heterocycles. The lowest BCUT2D eigenvalue weighted by atomic mass is 10.1. The Morgan fingerprint density at radius 3 is 2.78 bits per heavy atom. The van der Waals surface area contributed by atoms with Gasteiger partial charge in [0.1, 0.15) is 0 Å². The molecule has 1 aromatic carbocycles. The Hall–Kier alpha value is -1.63. The summed E-state index contributed by atoms with van der Waals surface area (Å²) in [5.74, 6) is 0. The highest BCUT2D eigenvalue weighted by Crippen LogP contribution is 2.18. The first-order valence-electron chi connectivity index (χ1n) is 5.89. The van der Waals surface area contributed by atoms with Crippen molar-refractivity contribution in [2.24, 2.45) is 0 Å². The molecular formula is C15H16N2S. The molecule has 2 nitrogen and oxygen atoms in total. The van der Waals surface area contributed by atoms with Gasteiger partial charge >= 0.3 is 0 Å². The van der Waals surface area contributed by atoms with Crippen molar-refractivity contribution in [3.05, 3.63) is 57.3 Å². The number of aryl methyl sites for hydroxylation is 1. The minimum atomic E-state index is 0.730. The van der Waals surface area contributed by atoms with E-state index < -0.39 is 0 Å². The standard InChI is InChI=1S/C15H16N2S/c1-12-6-7-18-15(12)11-17(2)10-14-5-3-4-13(8-14)9-16/h3-8H,10-11H2,1-2H3. The van der Waals surface area contributed by atoms with E-state index in [0.717, 1.165) is 18.7 Å². The lowest BCUT2D eigenvalue weighted by molar-refractivity contribution is 0.321. The van der Waals surface area contributed by atoms with Crippen LogP contribution in [0.3, 0.4) is 0 Å². The highest BCUT2D eigenvalue weighted by atomic mass is 32.1. The number of hydrogen-bond donors (Lipinski definition) is 0. The third-order valence-corrected chi connectivity index (χ3v) is 3.90. The van der Waals surface area contributed by atoms with E-state index in [0.29, 0.717) is 0 Å². The van der Waals surface area contributed by atoms with Gasteiger partial charge in [-0.25, -0.2) is 0 Å². The molecule has 92 valence electrons. The maximum Gasteiger partial charge on any atom is 0.0991 e. The SMILES string of the molecule is Cc1ccsc1CN(C)Cc1cccc(C#N)c1. The topological polar surface area (TPSA) is 27.0 Å². The zero-order valence-corrected chi connectivity index (χ0v) is 11.5. The van der Waals surface area contributed by atoms with Gasteiger partial charge in [0.05, 0.1) is 11.6 Å². The van der Waals surface area contributed by atoms with E-state index in [1.807, 2.05) is 18.2 Å².